The Morgan fingerprint density at radius 2 is 2.10 bits per heavy atom. The van der Waals surface area contributed by atoms with Gasteiger partial charge in [-0.25, -0.2) is 9.37 Å². The molecular formula is C14H14FN3O2. The highest BCUT2D eigenvalue weighted by molar-refractivity contribution is 6.07. The fourth-order valence-electron chi connectivity index (χ4n) is 1.63. The van der Waals surface area contributed by atoms with Crippen LogP contribution in [-0.2, 0) is 0 Å². The third-order valence-corrected chi connectivity index (χ3v) is 2.55. The van der Waals surface area contributed by atoms with Gasteiger partial charge in [-0.05, 0) is 37.3 Å². The molecule has 0 unspecified atom stereocenters. The first-order valence-electron chi connectivity index (χ1n) is 6.05. The molecule has 0 fully saturated rings. The Balaban J connectivity index is 2.13. The van der Waals surface area contributed by atoms with Gasteiger partial charge in [-0.3, -0.25) is 4.79 Å². The van der Waals surface area contributed by atoms with Crippen LogP contribution in [0.15, 0.2) is 36.5 Å². The number of anilines is 2. The zero-order valence-corrected chi connectivity index (χ0v) is 10.9. The maximum atomic E-state index is 13.1. The van der Waals surface area contributed by atoms with Crippen molar-refractivity contribution in [1.29, 1.82) is 0 Å². The summed E-state index contributed by atoms with van der Waals surface area (Å²) in [5, 5.41) is 2.61. The molecule has 1 heterocycles. The summed E-state index contributed by atoms with van der Waals surface area (Å²) in [6, 6.07) is 7.88. The van der Waals surface area contributed by atoms with Crippen molar-refractivity contribution in [3.63, 3.8) is 0 Å². The first kappa shape index (κ1) is 13.8. The van der Waals surface area contributed by atoms with Gasteiger partial charge < -0.3 is 15.8 Å². The van der Waals surface area contributed by atoms with Crippen LogP contribution in [0.25, 0.3) is 0 Å². The van der Waals surface area contributed by atoms with Gasteiger partial charge in [-0.1, -0.05) is 0 Å². The molecule has 2 aromatic rings. The van der Waals surface area contributed by atoms with Crippen LogP contribution < -0.4 is 15.8 Å². The number of hydrogen-bond acceptors (Lipinski definition) is 4. The minimum atomic E-state index is -0.615. The highest BCUT2D eigenvalue weighted by Crippen LogP contribution is 2.17. The minimum absolute atomic E-state index is 0.00103. The number of nitrogen functional groups attached to an aromatic ring is 1. The Hall–Kier alpha value is -2.63. The third-order valence-electron chi connectivity index (χ3n) is 2.55. The predicted octanol–water partition coefficient (Wildman–Crippen LogP) is 2.45. The quantitative estimate of drug-likeness (QED) is 0.898. The molecule has 0 aliphatic rings. The van der Waals surface area contributed by atoms with Crippen LogP contribution in [0.5, 0.6) is 5.75 Å². The topological polar surface area (TPSA) is 77.2 Å². The van der Waals surface area contributed by atoms with Crippen molar-refractivity contribution in [2.45, 2.75) is 6.92 Å². The molecule has 0 saturated heterocycles. The normalized spacial score (nSPS) is 10.1. The van der Waals surface area contributed by atoms with Crippen molar-refractivity contribution in [3.05, 3.63) is 47.9 Å². The number of carbonyl (C=O) groups excluding carboxylic acids is 1. The van der Waals surface area contributed by atoms with E-state index in [0.717, 1.165) is 12.3 Å². The number of benzene rings is 1. The number of nitrogens with zero attached hydrogens (tertiary/aromatic N) is 1. The zero-order valence-electron chi connectivity index (χ0n) is 10.9. The molecule has 5 nitrogen and oxygen atoms in total. The van der Waals surface area contributed by atoms with E-state index in [4.69, 9.17) is 10.5 Å². The monoisotopic (exact) mass is 275 g/mol. The molecule has 1 amide bonds. The Morgan fingerprint density at radius 1 is 1.40 bits per heavy atom. The van der Waals surface area contributed by atoms with E-state index in [0.29, 0.717) is 18.0 Å². The number of carbonyl (C=O) groups is 1. The summed E-state index contributed by atoms with van der Waals surface area (Å²) >= 11 is 0. The summed E-state index contributed by atoms with van der Waals surface area (Å²) in [6.07, 6.45) is 0.961. The van der Waals surface area contributed by atoms with E-state index >= 15 is 0 Å². The molecule has 0 bridgehead atoms. The number of halogens is 1. The van der Waals surface area contributed by atoms with Crippen molar-refractivity contribution in [3.8, 4) is 5.75 Å². The number of ether oxygens (including phenoxy) is 1. The Labute approximate surface area is 115 Å². The van der Waals surface area contributed by atoms with Gasteiger partial charge in [-0.15, -0.1) is 0 Å². The molecule has 3 N–H and O–H groups in total. The van der Waals surface area contributed by atoms with Crippen LogP contribution in [0.3, 0.4) is 0 Å². The first-order chi connectivity index (χ1) is 9.60. The Kier molecular flexibility index (Phi) is 4.14. The molecule has 6 heteroatoms. The summed E-state index contributed by atoms with van der Waals surface area (Å²) < 4.78 is 18.4. The van der Waals surface area contributed by atoms with Crippen LogP contribution in [0, 0.1) is 5.82 Å². The highest BCUT2D eigenvalue weighted by atomic mass is 19.1. The number of aromatic nitrogens is 1. The van der Waals surface area contributed by atoms with Gasteiger partial charge in [0.25, 0.3) is 5.91 Å². The molecule has 0 radical (unpaired) electrons. The second-order valence-corrected chi connectivity index (χ2v) is 4.00. The maximum absolute atomic E-state index is 13.1. The largest absolute Gasteiger partial charge is 0.494 e. The molecule has 1 aromatic heterocycles. The van der Waals surface area contributed by atoms with Crippen molar-refractivity contribution in [2.24, 2.45) is 0 Å². The average Bonchev–Trinajstić information content (AvgIpc) is 2.44. The van der Waals surface area contributed by atoms with E-state index < -0.39 is 11.7 Å². The number of amides is 1. The predicted molar refractivity (Wildman–Crippen MR) is 74.2 cm³/mol. The number of rotatable bonds is 4. The fraction of sp³-hybridized carbons (Fsp3) is 0.143. The molecule has 1 aromatic carbocycles. The SMILES string of the molecule is CCOc1ccc(NC(=O)c2cc(F)cnc2N)cc1. The van der Waals surface area contributed by atoms with Gasteiger partial charge in [-0.2, -0.15) is 0 Å². The van der Waals surface area contributed by atoms with E-state index in [2.05, 4.69) is 10.3 Å². The highest BCUT2D eigenvalue weighted by Gasteiger charge is 2.12. The van der Waals surface area contributed by atoms with Crippen molar-refractivity contribution in [2.75, 3.05) is 17.7 Å². The molecule has 0 spiro atoms. The lowest BCUT2D eigenvalue weighted by atomic mass is 10.2. The lowest BCUT2D eigenvalue weighted by Gasteiger charge is -2.08. The van der Waals surface area contributed by atoms with E-state index in [1.54, 1.807) is 24.3 Å². The van der Waals surface area contributed by atoms with Gasteiger partial charge in [0.05, 0.1) is 18.4 Å². The van der Waals surface area contributed by atoms with E-state index in [-0.39, 0.29) is 11.4 Å². The lowest BCUT2D eigenvalue weighted by Crippen LogP contribution is -2.15. The minimum Gasteiger partial charge on any atom is -0.494 e. The number of hydrogen-bond donors (Lipinski definition) is 2. The van der Waals surface area contributed by atoms with Gasteiger partial charge in [0.1, 0.15) is 17.4 Å². The van der Waals surface area contributed by atoms with Crippen molar-refractivity contribution >= 4 is 17.4 Å². The van der Waals surface area contributed by atoms with Crippen LogP contribution in [0.4, 0.5) is 15.9 Å². The average molecular weight is 275 g/mol. The molecule has 0 saturated carbocycles. The van der Waals surface area contributed by atoms with E-state index in [1.165, 1.54) is 0 Å². The van der Waals surface area contributed by atoms with E-state index in [1.807, 2.05) is 6.92 Å². The zero-order chi connectivity index (χ0) is 14.5. The second kappa shape index (κ2) is 6.01. The van der Waals surface area contributed by atoms with Crippen LogP contribution in [0.1, 0.15) is 17.3 Å². The van der Waals surface area contributed by atoms with Gasteiger partial charge >= 0.3 is 0 Å². The molecule has 104 valence electrons. The maximum Gasteiger partial charge on any atom is 0.259 e. The molecule has 0 atom stereocenters. The lowest BCUT2D eigenvalue weighted by molar-refractivity contribution is 0.102. The number of nitrogens with one attached hydrogen (secondary N) is 1. The van der Waals surface area contributed by atoms with Gasteiger partial charge in [0.15, 0.2) is 0 Å². The first-order valence-corrected chi connectivity index (χ1v) is 6.05. The summed E-state index contributed by atoms with van der Waals surface area (Å²) in [7, 11) is 0. The van der Waals surface area contributed by atoms with Gasteiger partial charge in [0.2, 0.25) is 0 Å². The Morgan fingerprint density at radius 3 is 2.75 bits per heavy atom. The number of pyridine rings is 1. The van der Waals surface area contributed by atoms with Crippen molar-refractivity contribution in [1.82, 2.24) is 4.98 Å². The summed E-state index contributed by atoms with van der Waals surface area (Å²) in [5.41, 5.74) is 6.11. The second-order valence-electron chi connectivity index (χ2n) is 4.00. The summed E-state index contributed by atoms with van der Waals surface area (Å²) in [4.78, 5) is 15.6. The smallest absolute Gasteiger partial charge is 0.259 e. The van der Waals surface area contributed by atoms with Gasteiger partial charge in [0, 0.05) is 5.69 Å². The van der Waals surface area contributed by atoms with E-state index in [9.17, 15) is 9.18 Å². The Bertz CT molecular complexity index is 614. The molecule has 2 rings (SSSR count). The van der Waals surface area contributed by atoms with Crippen LogP contribution >= 0.6 is 0 Å². The van der Waals surface area contributed by atoms with Crippen molar-refractivity contribution < 1.29 is 13.9 Å². The molecule has 0 aliphatic carbocycles. The molecule has 20 heavy (non-hydrogen) atoms. The van der Waals surface area contributed by atoms with Crippen LogP contribution in [-0.4, -0.2) is 17.5 Å². The molecule has 0 aliphatic heterocycles. The summed E-state index contributed by atoms with van der Waals surface area (Å²) in [6.45, 7) is 2.45. The fourth-order valence-corrected chi connectivity index (χ4v) is 1.63. The standard InChI is InChI=1S/C14H14FN3O2/c1-2-20-11-5-3-10(4-6-11)18-14(19)12-7-9(15)8-17-13(12)16/h3-8H,2H2,1H3,(H2,16,17)(H,18,19). The third kappa shape index (κ3) is 3.23. The summed E-state index contributed by atoms with van der Waals surface area (Å²) in [5.74, 6) is -0.443. The number of nitrogens with two attached hydrogens (primary N) is 1. The molecular weight excluding hydrogens is 261 g/mol. The van der Waals surface area contributed by atoms with Crippen LogP contribution in [0.2, 0.25) is 0 Å².